The molecule has 1 aromatic heterocycles. The highest BCUT2D eigenvalue weighted by atomic mass is 35.5. The van der Waals surface area contributed by atoms with E-state index in [4.69, 9.17) is 21.8 Å². The fourth-order valence-electron chi connectivity index (χ4n) is 2.35. The Bertz CT molecular complexity index is 677. The summed E-state index contributed by atoms with van der Waals surface area (Å²) in [5, 5.41) is 0.390. The van der Waals surface area contributed by atoms with Gasteiger partial charge in [0, 0.05) is 11.7 Å². The minimum Gasteiger partial charge on any atom is -0.464 e. The molecule has 0 atom stereocenters. The normalized spacial score (nSPS) is 14.2. The molecule has 2 N–H and O–H groups in total. The van der Waals surface area contributed by atoms with Crippen LogP contribution in [0.4, 0.5) is 5.69 Å². The standard InChI is InChI=1S/C16H17ClN2O2/c1-10-2-6-13(21-10)9-19(12-4-5-12)16(20)14-7-3-11(18)8-15(14)17/h2-3,6-8,12H,4-5,9,18H2,1H3. The van der Waals surface area contributed by atoms with E-state index in [-0.39, 0.29) is 11.9 Å². The number of furan rings is 1. The maximum Gasteiger partial charge on any atom is 0.256 e. The van der Waals surface area contributed by atoms with E-state index >= 15 is 0 Å². The van der Waals surface area contributed by atoms with Crippen LogP contribution >= 0.6 is 11.6 Å². The molecule has 0 spiro atoms. The van der Waals surface area contributed by atoms with Gasteiger partial charge in [-0.3, -0.25) is 4.79 Å². The first-order valence-corrected chi connectivity index (χ1v) is 7.33. The third-order valence-electron chi connectivity index (χ3n) is 3.59. The number of carbonyl (C=O) groups excluding carboxylic acids is 1. The lowest BCUT2D eigenvalue weighted by molar-refractivity contribution is 0.0717. The summed E-state index contributed by atoms with van der Waals surface area (Å²) in [7, 11) is 0. The minimum atomic E-state index is -0.0726. The SMILES string of the molecule is Cc1ccc(CN(C(=O)c2ccc(N)cc2Cl)C2CC2)o1. The van der Waals surface area contributed by atoms with E-state index in [1.54, 1.807) is 18.2 Å². The van der Waals surface area contributed by atoms with Crippen molar-refractivity contribution in [3.63, 3.8) is 0 Å². The molecule has 110 valence electrons. The Labute approximate surface area is 128 Å². The molecule has 1 aliphatic carbocycles. The van der Waals surface area contributed by atoms with Crippen molar-refractivity contribution in [1.29, 1.82) is 0 Å². The van der Waals surface area contributed by atoms with Crippen LogP contribution in [-0.2, 0) is 6.54 Å². The van der Waals surface area contributed by atoms with Gasteiger partial charge in [0.15, 0.2) is 0 Å². The Morgan fingerprint density at radius 1 is 1.38 bits per heavy atom. The fourth-order valence-corrected chi connectivity index (χ4v) is 2.62. The van der Waals surface area contributed by atoms with Gasteiger partial charge in [-0.25, -0.2) is 0 Å². The third kappa shape index (κ3) is 3.05. The summed E-state index contributed by atoms with van der Waals surface area (Å²) in [6.07, 6.45) is 2.05. The van der Waals surface area contributed by atoms with Crippen molar-refractivity contribution in [2.24, 2.45) is 0 Å². The van der Waals surface area contributed by atoms with Crippen LogP contribution in [0.2, 0.25) is 5.02 Å². The smallest absolute Gasteiger partial charge is 0.256 e. The summed E-state index contributed by atoms with van der Waals surface area (Å²) in [6.45, 7) is 2.36. The van der Waals surface area contributed by atoms with Crippen molar-refractivity contribution in [3.8, 4) is 0 Å². The fraction of sp³-hybridized carbons (Fsp3) is 0.312. The molecule has 4 nitrogen and oxygen atoms in total. The van der Waals surface area contributed by atoms with Gasteiger partial charge in [-0.15, -0.1) is 0 Å². The van der Waals surface area contributed by atoms with Gasteiger partial charge in [0.1, 0.15) is 11.5 Å². The van der Waals surface area contributed by atoms with Crippen molar-refractivity contribution < 1.29 is 9.21 Å². The number of benzene rings is 1. The summed E-state index contributed by atoms with van der Waals surface area (Å²) in [5.74, 6) is 1.56. The lowest BCUT2D eigenvalue weighted by Crippen LogP contribution is -2.32. The summed E-state index contributed by atoms with van der Waals surface area (Å²) < 4.78 is 5.58. The topological polar surface area (TPSA) is 59.5 Å². The van der Waals surface area contributed by atoms with Crippen LogP contribution in [-0.4, -0.2) is 16.8 Å². The molecule has 0 bridgehead atoms. The maximum atomic E-state index is 12.7. The molecule has 2 aromatic rings. The minimum absolute atomic E-state index is 0.0726. The molecule has 1 fully saturated rings. The largest absolute Gasteiger partial charge is 0.464 e. The van der Waals surface area contributed by atoms with Crippen molar-refractivity contribution in [3.05, 3.63) is 52.4 Å². The number of aryl methyl sites for hydroxylation is 1. The molecule has 0 unspecified atom stereocenters. The number of carbonyl (C=O) groups is 1. The van der Waals surface area contributed by atoms with Crippen LogP contribution in [0.1, 0.15) is 34.7 Å². The van der Waals surface area contributed by atoms with Crippen LogP contribution in [0.15, 0.2) is 34.7 Å². The second kappa shape index (κ2) is 5.45. The number of hydrogen-bond acceptors (Lipinski definition) is 3. The monoisotopic (exact) mass is 304 g/mol. The first-order valence-electron chi connectivity index (χ1n) is 6.96. The molecular formula is C16H17ClN2O2. The number of amides is 1. The molecule has 0 aliphatic heterocycles. The van der Waals surface area contributed by atoms with Gasteiger partial charge in [0.2, 0.25) is 0 Å². The van der Waals surface area contributed by atoms with Crippen LogP contribution in [0.25, 0.3) is 0 Å². The number of nitrogen functional groups attached to an aromatic ring is 1. The van der Waals surface area contributed by atoms with E-state index in [0.29, 0.717) is 22.8 Å². The number of nitrogens with two attached hydrogens (primary N) is 1. The molecule has 0 radical (unpaired) electrons. The van der Waals surface area contributed by atoms with Crippen molar-refractivity contribution >= 4 is 23.2 Å². The van der Waals surface area contributed by atoms with Gasteiger partial charge >= 0.3 is 0 Å². The molecule has 1 heterocycles. The highest BCUT2D eigenvalue weighted by Gasteiger charge is 2.34. The van der Waals surface area contributed by atoms with Crippen molar-refractivity contribution in [2.45, 2.75) is 32.4 Å². The van der Waals surface area contributed by atoms with E-state index in [1.165, 1.54) is 0 Å². The molecule has 21 heavy (non-hydrogen) atoms. The number of halogens is 1. The molecule has 3 rings (SSSR count). The molecule has 1 aromatic carbocycles. The second-order valence-corrected chi connectivity index (χ2v) is 5.82. The van der Waals surface area contributed by atoms with Crippen LogP contribution in [0, 0.1) is 6.92 Å². The highest BCUT2D eigenvalue weighted by molar-refractivity contribution is 6.34. The van der Waals surface area contributed by atoms with Crippen molar-refractivity contribution in [1.82, 2.24) is 4.90 Å². The molecule has 1 saturated carbocycles. The van der Waals surface area contributed by atoms with Crippen LogP contribution in [0.3, 0.4) is 0 Å². The first kappa shape index (κ1) is 14.0. The van der Waals surface area contributed by atoms with Crippen LogP contribution < -0.4 is 5.73 Å². The predicted molar refractivity (Wildman–Crippen MR) is 82.2 cm³/mol. The first-order chi connectivity index (χ1) is 10.0. The number of hydrogen-bond donors (Lipinski definition) is 1. The Balaban J connectivity index is 1.85. The van der Waals surface area contributed by atoms with E-state index in [9.17, 15) is 4.79 Å². The van der Waals surface area contributed by atoms with Crippen molar-refractivity contribution in [2.75, 3.05) is 5.73 Å². The zero-order valence-electron chi connectivity index (χ0n) is 11.8. The number of rotatable bonds is 4. The number of nitrogens with zero attached hydrogens (tertiary/aromatic N) is 1. The van der Waals surface area contributed by atoms with Gasteiger partial charge in [-0.05, 0) is 50.1 Å². The molecule has 0 saturated heterocycles. The Hall–Kier alpha value is -1.94. The molecule has 5 heteroatoms. The molecular weight excluding hydrogens is 288 g/mol. The molecule has 1 aliphatic rings. The Kier molecular flexibility index (Phi) is 3.64. The van der Waals surface area contributed by atoms with E-state index < -0.39 is 0 Å². The average molecular weight is 305 g/mol. The molecule has 1 amide bonds. The average Bonchev–Trinajstić information content (AvgIpc) is 3.19. The summed E-state index contributed by atoms with van der Waals surface area (Å²) in [6, 6.07) is 9.07. The summed E-state index contributed by atoms with van der Waals surface area (Å²) >= 11 is 6.15. The van der Waals surface area contributed by atoms with Gasteiger partial charge in [0.05, 0.1) is 17.1 Å². The predicted octanol–water partition coefficient (Wildman–Crippen LogP) is 3.63. The third-order valence-corrected chi connectivity index (χ3v) is 3.91. The zero-order chi connectivity index (χ0) is 15.0. The van der Waals surface area contributed by atoms with Gasteiger partial charge < -0.3 is 15.1 Å². The Morgan fingerprint density at radius 2 is 2.14 bits per heavy atom. The maximum absolute atomic E-state index is 12.7. The zero-order valence-corrected chi connectivity index (χ0v) is 12.6. The van der Waals surface area contributed by atoms with Gasteiger partial charge in [-0.2, -0.15) is 0 Å². The Morgan fingerprint density at radius 3 is 2.71 bits per heavy atom. The summed E-state index contributed by atoms with van der Waals surface area (Å²) in [5.41, 5.74) is 6.72. The number of anilines is 1. The van der Waals surface area contributed by atoms with E-state index in [0.717, 1.165) is 24.4 Å². The van der Waals surface area contributed by atoms with Gasteiger partial charge in [-0.1, -0.05) is 11.6 Å². The van der Waals surface area contributed by atoms with Crippen LogP contribution in [0.5, 0.6) is 0 Å². The summed E-state index contributed by atoms with van der Waals surface area (Å²) in [4.78, 5) is 14.6. The van der Waals surface area contributed by atoms with Gasteiger partial charge in [0.25, 0.3) is 5.91 Å². The second-order valence-electron chi connectivity index (χ2n) is 5.42. The lowest BCUT2D eigenvalue weighted by Gasteiger charge is -2.22. The van der Waals surface area contributed by atoms with E-state index in [2.05, 4.69) is 0 Å². The highest BCUT2D eigenvalue weighted by Crippen LogP contribution is 2.31. The quantitative estimate of drug-likeness (QED) is 0.877. The lowest BCUT2D eigenvalue weighted by atomic mass is 10.1. The van der Waals surface area contributed by atoms with E-state index in [1.807, 2.05) is 24.0 Å².